The fraction of sp³-hybridized carbons (Fsp3) is 0.438. The van der Waals surface area contributed by atoms with E-state index in [1.807, 2.05) is 4.90 Å². The van der Waals surface area contributed by atoms with Gasteiger partial charge in [-0.05, 0) is 25.0 Å². The molecule has 2 aromatic heterocycles. The molecule has 156 valence electrons. The predicted molar refractivity (Wildman–Crippen MR) is 106 cm³/mol. The molecule has 3 rings (SSSR count). The lowest BCUT2D eigenvalue weighted by atomic mass is 10.0. The SMILES string of the molecule is Cl.Cl.NCc1nc(C(=O)NC2CCN(c3ccc(C(F)(F)F)cn3)CC2)cs1. The van der Waals surface area contributed by atoms with E-state index >= 15 is 0 Å². The minimum Gasteiger partial charge on any atom is -0.356 e. The summed E-state index contributed by atoms with van der Waals surface area (Å²) in [5.74, 6) is 0.280. The van der Waals surface area contributed by atoms with Gasteiger partial charge in [0.2, 0.25) is 0 Å². The monoisotopic (exact) mass is 457 g/mol. The van der Waals surface area contributed by atoms with E-state index in [2.05, 4.69) is 15.3 Å². The highest BCUT2D eigenvalue weighted by molar-refractivity contribution is 7.09. The molecule has 0 spiro atoms. The second-order valence-electron chi connectivity index (χ2n) is 5.97. The highest BCUT2D eigenvalue weighted by atomic mass is 35.5. The molecular formula is C16H20Cl2F3N5OS. The van der Waals surface area contributed by atoms with Crippen molar-refractivity contribution in [3.8, 4) is 0 Å². The molecule has 1 saturated heterocycles. The summed E-state index contributed by atoms with van der Waals surface area (Å²) in [5, 5.41) is 5.33. The number of carbonyl (C=O) groups excluding carboxylic acids is 1. The topological polar surface area (TPSA) is 84.1 Å². The second kappa shape index (κ2) is 10.2. The van der Waals surface area contributed by atoms with E-state index in [0.29, 0.717) is 49.0 Å². The van der Waals surface area contributed by atoms with E-state index in [-0.39, 0.29) is 36.8 Å². The molecule has 0 aliphatic carbocycles. The van der Waals surface area contributed by atoms with Gasteiger partial charge < -0.3 is 16.0 Å². The quantitative estimate of drug-likeness (QED) is 0.735. The first-order valence-electron chi connectivity index (χ1n) is 8.10. The zero-order valence-electron chi connectivity index (χ0n) is 14.6. The Kier molecular flexibility index (Phi) is 8.93. The summed E-state index contributed by atoms with van der Waals surface area (Å²) in [4.78, 5) is 22.2. The van der Waals surface area contributed by atoms with E-state index in [1.165, 1.54) is 17.4 Å². The number of anilines is 1. The van der Waals surface area contributed by atoms with Gasteiger partial charge in [0, 0.05) is 37.3 Å². The minimum absolute atomic E-state index is 0. The van der Waals surface area contributed by atoms with Crippen molar-refractivity contribution in [2.45, 2.75) is 31.6 Å². The number of amides is 1. The number of hydrogen-bond donors (Lipinski definition) is 2. The van der Waals surface area contributed by atoms with Gasteiger partial charge in [0.25, 0.3) is 5.91 Å². The maximum absolute atomic E-state index is 12.6. The van der Waals surface area contributed by atoms with Gasteiger partial charge in [-0.15, -0.1) is 36.2 Å². The van der Waals surface area contributed by atoms with Gasteiger partial charge in [0.15, 0.2) is 0 Å². The molecule has 2 aromatic rings. The standard InChI is InChI=1S/C16H18F3N5OS.2ClH/c17-16(18,19)10-1-2-13(21-8-10)24-5-3-11(4-6-24)22-15(25)12-9-26-14(7-20)23-12;;/h1-2,8-9,11H,3-7,20H2,(H,22,25);2*1H. The van der Waals surface area contributed by atoms with Gasteiger partial charge >= 0.3 is 6.18 Å². The van der Waals surface area contributed by atoms with Crippen LogP contribution in [0.15, 0.2) is 23.7 Å². The van der Waals surface area contributed by atoms with Crippen LogP contribution in [0, 0.1) is 0 Å². The smallest absolute Gasteiger partial charge is 0.356 e. The summed E-state index contributed by atoms with van der Waals surface area (Å²) < 4.78 is 37.8. The molecule has 0 bridgehead atoms. The van der Waals surface area contributed by atoms with Crippen LogP contribution in [0.1, 0.15) is 33.9 Å². The summed E-state index contributed by atoms with van der Waals surface area (Å²) in [6.07, 6.45) is -2.17. The first-order valence-corrected chi connectivity index (χ1v) is 8.98. The van der Waals surface area contributed by atoms with Crippen LogP contribution in [0.2, 0.25) is 0 Å². The van der Waals surface area contributed by atoms with E-state index < -0.39 is 11.7 Å². The Balaban J connectivity index is 0.00000196. The average Bonchev–Trinajstić information content (AvgIpc) is 3.11. The van der Waals surface area contributed by atoms with Gasteiger partial charge in [-0.3, -0.25) is 4.79 Å². The first kappa shape index (κ1) is 24.4. The van der Waals surface area contributed by atoms with Gasteiger partial charge in [-0.2, -0.15) is 13.2 Å². The number of nitrogens with zero attached hydrogens (tertiary/aromatic N) is 3. The number of nitrogens with two attached hydrogens (primary N) is 1. The number of piperidine rings is 1. The first-order chi connectivity index (χ1) is 12.4. The number of nitrogens with one attached hydrogen (secondary N) is 1. The fourth-order valence-electron chi connectivity index (χ4n) is 2.76. The van der Waals surface area contributed by atoms with Gasteiger partial charge in [0.1, 0.15) is 16.5 Å². The molecule has 0 saturated carbocycles. The Morgan fingerprint density at radius 2 is 1.96 bits per heavy atom. The third kappa shape index (κ3) is 5.94. The summed E-state index contributed by atoms with van der Waals surface area (Å²) in [6, 6.07) is 2.41. The second-order valence-corrected chi connectivity index (χ2v) is 6.91. The fourth-order valence-corrected chi connectivity index (χ4v) is 3.42. The highest BCUT2D eigenvalue weighted by Crippen LogP contribution is 2.29. The van der Waals surface area contributed by atoms with Crippen LogP contribution in [0.4, 0.5) is 19.0 Å². The van der Waals surface area contributed by atoms with E-state index in [9.17, 15) is 18.0 Å². The zero-order valence-corrected chi connectivity index (χ0v) is 17.1. The Morgan fingerprint density at radius 1 is 1.29 bits per heavy atom. The molecule has 0 atom stereocenters. The van der Waals surface area contributed by atoms with Crippen molar-refractivity contribution in [1.29, 1.82) is 0 Å². The molecular weight excluding hydrogens is 438 g/mol. The van der Waals surface area contributed by atoms with Crippen LogP contribution in [-0.4, -0.2) is 35.0 Å². The third-order valence-electron chi connectivity index (χ3n) is 4.19. The van der Waals surface area contributed by atoms with Gasteiger partial charge in [0.05, 0.1) is 5.56 Å². The van der Waals surface area contributed by atoms with Crippen LogP contribution >= 0.6 is 36.2 Å². The summed E-state index contributed by atoms with van der Waals surface area (Å²) in [6.45, 7) is 1.51. The van der Waals surface area contributed by atoms with Crippen molar-refractivity contribution in [3.05, 3.63) is 40.0 Å². The molecule has 0 unspecified atom stereocenters. The predicted octanol–water partition coefficient (Wildman–Crippen LogP) is 3.26. The number of pyridine rings is 1. The number of alkyl halides is 3. The zero-order chi connectivity index (χ0) is 18.7. The molecule has 1 aliphatic heterocycles. The lowest BCUT2D eigenvalue weighted by Gasteiger charge is -2.33. The normalized spacial score (nSPS) is 14.8. The molecule has 3 heterocycles. The van der Waals surface area contributed by atoms with Crippen LogP contribution < -0.4 is 16.0 Å². The molecule has 28 heavy (non-hydrogen) atoms. The highest BCUT2D eigenvalue weighted by Gasteiger charge is 2.31. The largest absolute Gasteiger partial charge is 0.417 e. The van der Waals surface area contributed by atoms with Gasteiger partial charge in [-0.25, -0.2) is 9.97 Å². The maximum atomic E-state index is 12.6. The molecule has 1 amide bonds. The molecule has 6 nitrogen and oxygen atoms in total. The van der Waals surface area contributed by atoms with Crippen LogP contribution in [0.25, 0.3) is 0 Å². The molecule has 1 aliphatic rings. The van der Waals surface area contributed by atoms with E-state index in [0.717, 1.165) is 12.3 Å². The van der Waals surface area contributed by atoms with Crippen molar-refractivity contribution in [2.24, 2.45) is 5.73 Å². The molecule has 3 N–H and O–H groups in total. The summed E-state index contributed by atoms with van der Waals surface area (Å²) in [5.41, 5.74) is 5.10. The maximum Gasteiger partial charge on any atom is 0.417 e. The third-order valence-corrected chi connectivity index (χ3v) is 5.06. The summed E-state index contributed by atoms with van der Waals surface area (Å²) in [7, 11) is 0. The lowest BCUT2D eigenvalue weighted by Crippen LogP contribution is -2.45. The molecule has 12 heteroatoms. The number of hydrogen-bond acceptors (Lipinski definition) is 6. The molecule has 1 fully saturated rings. The van der Waals surface area contributed by atoms with Crippen molar-refractivity contribution < 1.29 is 18.0 Å². The van der Waals surface area contributed by atoms with E-state index in [1.54, 1.807) is 5.38 Å². The van der Waals surface area contributed by atoms with Crippen molar-refractivity contribution in [3.63, 3.8) is 0 Å². The van der Waals surface area contributed by atoms with Crippen LogP contribution in [0.5, 0.6) is 0 Å². The van der Waals surface area contributed by atoms with Crippen molar-refractivity contribution in [1.82, 2.24) is 15.3 Å². The number of carbonyl (C=O) groups is 1. The van der Waals surface area contributed by atoms with Crippen LogP contribution in [0.3, 0.4) is 0 Å². The number of thiazole rings is 1. The number of rotatable bonds is 4. The lowest BCUT2D eigenvalue weighted by molar-refractivity contribution is -0.137. The Hall–Kier alpha value is -1.62. The molecule has 0 radical (unpaired) electrons. The number of halogens is 5. The number of aromatic nitrogens is 2. The molecule has 0 aromatic carbocycles. The van der Waals surface area contributed by atoms with Crippen molar-refractivity contribution in [2.75, 3.05) is 18.0 Å². The van der Waals surface area contributed by atoms with Gasteiger partial charge in [-0.1, -0.05) is 0 Å². The summed E-state index contributed by atoms with van der Waals surface area (Å²) >= 11 is 1.35. The van der Waals surface area contributed by atoms with E-state index in [4.69, 9.17) is 5.73 Å². The average molecular weight is 458 g/mol. The van der Waals surface area contributed by atoms with Crippen LogP contribution in [-0.2, 0) is 12.7 Å². The Bertz CT molecular complexity index is 764. The Morgan fingerprint density at radius 3 is 2.46 bits per heavy atom. The Labute approximate surface area is 176 Å². The van der Waals surface area contributed by atoms with Crippen molar-refractivity contribution >= 4 is 47.9 Å². The minimum atomic E-state index is -4.39.